The minimum Gasteiger partial charge on any atom is -0.379 e. The van der Waals surface area contributed by atoms with Gasteiger partial charge in [0.15, 0.2) is 12.3 Å². The molecular formula is C20H32N3O3+. The van der Waals surface area contributed by atoms with Gasteiger partial charge < -0.3 is 19.9 Å². The second kappa shape index (κ2) is 10.3. The Balaban J connectivity index is 1.66. The number of ketones is 1. The molecule has 1 aromatic carbocycles. The van der Waals surface area contributed by atoms with Crippen LogP contribution in [0.5, 0.6) is 0 Å². The highest BCUT2D eigenvalue weighted by molar-refractivity contribution is 5.94. The Kier molecular flexibility index (Phi) is 8.06. The smallest absolute Gasteiger partial charge is 0.275 e. The lowest BCUT2D eigenvalue weighted by Gasteiger charge is -2.33. The monoisotopic (exact) mass is 362 g/mol. The van der Waals surface area contributed by atoms with E-state index in [9.17, 15) is 9.59 Å². The normalized spacial score (nSPS) is 15.3. The molecule has 6 nitrogen and oxygen atoms in total. The number of carbonyl (C=O) groups is 2. The van der Waals surface area contributed by atoms with Crippen LogP contribution in [-0.2, 0) is 9.53 Å². The topological polar surface area (TPSA) is 63.1 Å². The number of amides is 1. The quantitative estimate of drug-likeness (QED) is 0.497. The Morgan fingerprint density at radius 3 is 2.42 bits per heavy atom. The molecule has 1 heterocycles. The van der Waals surface area contributed by atoms with E-state index in [0.29, 0.717) is 19.7 Å². The average molecular weight is 362 g/mol. The third kappa shape index (κ3) is 6.77. The summed E-state index contributed by atoms with van der Waals surface area (Å²) in [7, 11) is 0. The summed E-state index contributed by atoms with van der Waals surface area (Å²) in [5.74, 6) is 0.205. The number of hydrogen-bond acceptors (Lipinski definition) is 4. The molecule has 0 saturated carbocycles. The minimum atomic E-state index is 0.0904. The van der Waals surface area contributed by atoms with Crippen LogP contribution in [0.2, 0.25) is 0 Å². The standard InChI is InChI=1S/C20H31N3O3/c1-16(2)26-14-4-9-21-20(25)15-22-10-12-23(13-11-22)19-7-5-18(6-8-19)17(3)24/h5-8,16H,4,9-15H2,1-3H3,(H,21,25)/p+1. The number of ether oxygens (including phenoxy) is 1. The van der Waals surface area contributed by atoms with E-state index < -0.39 is 0 Å². The zero-order chi connectivity index (χ0) is 18.9. The second-order valence-corrected chi connectivity index (χ2v) is 7.14. The number of hydrogen-bond donors (Lipinski definition) is 2. The molecule has 1 fully saturated rings. The van der Waals surface area contributed by atoms with Crippen molar-refractivity contribution in [3.63, 3.8) is 0 Å². The highest BCUT2D eigenvalue weighted by Crippen LogP contribution is 2.15. The van der Waals surface area contributed by atoms with Gasteiger partial charge in [0.25, 0.3) is 5.91 Å². The maximum atomic E-state index is 12.0. The van der Waals surface area contributed by atoms with Gasteiger partial charge in [0.2, 0.25) is 0 Å². The summed E-state index contributed by atoms with van der Waals surface area (Å²) < 4.78 is 5.47. The van der Waals surface area contributed by atoms with Crippen LogP contribution >= 0.6 is 0 Å². The molecule has 1 amide bonds. The Bertz CT molecular complexity index is 578. The third-order valence-corrected chi connectivity index (χ3v) is 4.61. The summed E-state index contributed by atoms with van der Waals surface area (Å²) in [6.45, 7) is 11.2. The van der Waals surface area contributed by atoms with Gasteiger partial charge in [-0.05, 0) is 51.5 Å². The van der Waals surface area contributed by atoms with E-state index in [1.54, 1.807) is 6.92 Å². The Morgan fingerprint density at radius 2 is 1.85 bits per heavy atom. The maximum Gasteiger partial charge on any atom is 0.275 e. The highest BCUT2D eigenvalue weighted by Gasteiger charge is 2.22. The molecule has 144 valence electrons. The van der Waals surface area contributed by atoms with Crippen LogP contribution in [-0.4, -0.2) is 63.7 Å². The van der Waals surface area contributed by atoms with E-state index in [1.807, 2.05) is 38.1 Å². The van der Waals surface area contributed by atoms with Gasteiger partial charge in [-0.15, -0.1) is 0 Å². The van der Waals surface area contributed by atoms with Crippen molar-refractivity contribution < 1.29 is 19.2 Å². The zero-order valence-electron chi connectivity index (χ0n) is 16.2. The number of nitrogens with one attached hydrogen (secondary N) is 2. The molecule has 0 aliphatic carbocycles. The highest BCUT2D eigenvalue weighted by atomic mass is 16.5. The summed E-state index contributed by atoms with van der Waals surface area (Å²) in [4.78, 5) is 27.0. The number of piperazine rings is 1. The summed E-state index contributed by atoms with van der Waals surface area (Å²) in [5.41, 5.74) is 1.89. The van der Waals surface area contributed by atoms with E-state index in [2.05, 4.69) is 10.2 Å². The lowest BCUT2D eigenvalue weighted by molar-refractivity contribution is -0.892. The number of Topliss-reactive ketones (excluding diaryl/α,β-unsaturated/α-hetero) is 1. The molecule has 0 aromatic heterocycles. The first kappa shape index (κ1) is 20.4. The first-order valence-corrected chi connectivity index (χ1v) is 9.53. The number of quaternary nitrogens is 1. The lowest BCUT2D eigenvalue weighted by Crippen LogP contribution is -3.15. The van der Waals surface area contributed by atoms with E-state index in [1.165, 1.54) is 4.90 Å². The van der Waals surface area contributed by atoms with Crippen LogP contribution in [0.1, 0.15) is 37.6 Å². The Morgan fingerprint density at radius 1 is 1.19 bits per heavy atom. The fourth-order valence-electron chi connectivity index (χ4n) is 3.07. The molecule has 0 unspecified atom stereocenters. The average Bonchev–Trinajstić information content (AvgIpc) is 2.62. The van der Waals surface area contributed by atoms with Crippen LogP contribution in [0.3, 0.4) is 0 Å². The maximum absolute atomic E-state index is 12.0. The van der Waals surface area contributed by atoms with E-state index >= 15 is 0 Å². The molecule has 6 heteroatoms. The summed E-state index contributed by atoms with van der Waals surface area (Å²) in [6.07, 6.45) is 1.09. The van der Waals surface area contributed by atoms with Gasteiger partial charge in [-0.1, -0.05) is 0 Å². The fourth-order valence-corrected chi connectivity index (χ4v) is 3.07. The number of nitrogens with zero attached hydrogens (tertiary/aromatic N) is 1. The first-order valence-electron chi connectivity index (χ1n) is 9.53. The van der Waals surface area contributed by atoms with Crippen LogP contribution in [0.4, 0.5) is 5.69 Å². The summed E-state index contributed by atoms with van der Waals surface area (Å²) in [6, 6.07) is 7.78. The van der Waals surface area contributed by atoms with Crippen molar-refractivity contribution in [2.45, 2.75) is 33.3 Å². The van der Waals surface area contributed by atoms with Crippen molar-refractivity contribution >= 4 is 17.4 Å². The van der Waals surface area contributed by atoms with Gasteiger partial charge in [-0.3, -0.25) is 9.59 Å². The van der Waals surface area contributed by atoms with Gasteiger partial charge in [-0.25, -0.2) is 0 Å². The Hall–Kier alpha value is -1.92. The molecule has 0 spiro atoms. The molecule has 1 aliphatic heterocycles. The van der Waals surface area contributed by atoms with Gasteiger partial charge in [0.05, 0.1) is 32.3 Å². The minimum absolute atomic E-state index is 0.0904. The van der Waals surface area contributed by atoms with E-state index in [-0.39, 0.29) is 17.8 Å². The van der Waals surface area contributed by atoms with Crippen LogP contribution < -0.4 is 15.1 Å². The molecule has 1 saturated heterocycles. The number of anilines is 1. The number of carbonyl (C=O) groups excluding carboxylic acids is 2. The molecule has 1 aromatic rings. The lowest BCUT2D eigenvalue weighted by atomic mass is 10.1. The van der Waals surface area contributed by atoms with Crippen LogP contribution in [0.25, 0.3) is 0 Å². The molecule has 0 radical (unpaired) electrons. The third-order valence-electron chi connectivity index (χ3n) is 4.61. The van der Waals surface area contributed by atoms with Crippen LogP contribution in [0, 0.1) is 0 Å². The van der Waals surface area contributed by atoms with Crippen molar-refractivity contribution in [1.82, 2.24) is 5.32 Å². The predicted molar refractivity (Wildman–Crippen MR) is 103 cm³/mol. The SMILES string of the molecule is CC(=O)c1ccc(N2CC[NH+](CC(=O)NCCCOC(C)C)CC2)cc1. The van der Waals surface area contributed by atoms with Crippen LogP contribution in [0.15, 0.2) is 24.3 Å². The van der Waals surface area contributed by atoms with Crippen molar-refractivity contribution in [2.24, 2.45) is 0 Å². The van der Waals surface area contributed by atoms with Gasteiger partial charge >= 0.3 is 0 Å². The molecule has 0 atom stereocenters. The van der Waals surface area contributed by atoms with E-state index in [0.717, 1.165) is 43.9 Å². The summed E-state index contributed by atoms with van der Waals surface area (Å²) in [5, 5.41) is 2.98. The molecule has 2 rings (SSSR count). The van der Waals surface area contributed by atoms with E-state index in [4.69, 9.17) is 4.74 Å². The largest absolute Gasteiger partial charge is 0.379 e. The molecule has 26 heavy (non-hydrogen) atoms. The second-order valence-electron chi connectivity index (χ2n) is 7.14. The zero-order valence-corrected chi connectivity index (χ0v) is 16.2. The Labute approximate surface area is 156 Å². The van der Waals surface area contributed by atoms with Gasteiger partial charge in [-0.2, -0.15) is 0 Å². The fraction of sp³-hybridized carbons (Fsp3) is 0.600. The molecule has 2 N–H and O–H groups in total. The molecular weight excluding hydrogens is 330 g/mol. The van der Waals surface area contributed by atoms with Crippen molar-refractivity contribution in [1.29, 1.82) is 0 Å². The van der Waals surface area contributed by atoms with Gasteiger partial charge in [0.1, 0.15) is 0 Å². The van der Waals surface area contributed by atoms with Crippen molar-refractivity contribution in [2.75, 3.05) is 50.8 Å². The predicted octanol–water partition coefficient (Wildman–Crippen LogP) is 0.525. The number of rotatable bonds is 9. The van der Waals surface area contributed by atoms with Crippen molar-refractivity contribution in [3.05, 3.63) is 29.8 Å². The first-order chi connectivity index (χ1) is 12.5. The molecule has 0 bridgehead atoms. The van der Waals surface area contributed by atoms with Gasteiger partial charge in [0, 0.05) is 24.4 Å². The molecule has 1 aliphatic rings. The summed E-state index contributed by atoms with van der Waals surface area (Å²) >= 11 is 0. The number of benzene rings is 1. The van der Waals surface area contributed by atoms with Crippen molar-refractivity contribution in [3.8, 4) is 0 Å².